The highest BCUT2D eigenvalue weighted by Gasteiger charge is 2.21. The number of nitrogens with zero attached hydrogens (tertiary/aromatic N) is 2. The Labute approximate surface area is 160 Å². The van der Waals surface area contributed by atoms with Crippen LogP contribution in [0.25, 0.3) is 16.6 Å². The van der Waals surface area contributed by atoms with Crippen molar-refractivity contribution in [3.05, 3.63) is 76.5 Å². The second-order valence-corrected chi connectivity index (χ2v) is 9.19. The maximum Gasteiger partial charge on any atom is 0.263 e. The molecular weight excluding hydrogens is 363 g/mol. The van der Waals surface area contributed by atoms with Crippen molar-refractivity contribution < 1.29 is 8.60 Å². The zero-order chi connectivity index (χ0) is 19.8. The average Bonchev–Trinajstić information content (AvgIpc) is 2.62. The van der Waals surface area contributed by atoms with Gasteiger partial charge in [0.1, 0.15) is 16.8 Å². The van der Waals surface area contributed by atoms with Crippen molar-refractivity contribution in [3.63, 3.8) is 0 Å². The van der Waals surface area contributed by atoms with Gasteiger partial charge in [0.2, 0.25) is 0 Å². The van der Waals surface area contributed by atoms with E-state index in [2.05, 4.69) is 4.40 Å². The maximum absolute atomic E-state index is 13.7. The first kappa shape index (κ1) is 19.2. The van der Waals surface area contributed by atoms with Gasteiger partial charge in [-0.15, -0.1) is 0 Å². The maximum atomic E-state index is 13.7. The lowest BCUT2D eigenvalue weighted by atomic mass is 9.98. The molecule has 1 unspecified atom stereocenters. The molecule has 3 aromatic rings. The van der Waals surface area contributed by atoms with Crippen LogP contribution in [0.2, 0.25) is 0 Å². The molecule has 0 aliphatic heterocycles. The summed E-state index contributed by atoms with van der Waals surface area (Å²) < 4.78 is 31.3. The van der Waals surface area contributed by atoms with Gasteiger partial charge < -0.3 is 0 Å². The predicted molar refractivity (Wildman–Crippen MR) is 109 cm³/mol. The SMILES string of the molecule is C/C(=N\S(=O)C(C)(C)C)c1cc2ccc(F)cn2c(=O)c1-c1ccccc1. The van der Waals surface area contributed by atoms with E-state index in [0.29, 0.717) is 27.9 Å². The average molecular weight is 384 g/mol. The molecule has 1 atom stereocenters. The van der Waals surface area contributed by atoms with E-state index in [-0.39, 0.29) is 5.56 Å². The highest BCUT2D eigenvalue weighted by Crippen LogP contribution is 2.24. The largest absolute Gasteiger partial charge is 0.281 e. The summed E-state index contributed by atoms with van der Waals surface area (Å²) in [5.41, 5.74) is 2.41. The zero-order valence-corrected chi connectivity index (χ0v) is 16.5. The summed E-state index contributed by atoms with van der Waals surface area (Å²) in [6, 6.07) is 13.8. The number of fused-ring (bicyclic) bond motifs is 1. The van der Waals surface area contributed by atoms with Gasteiger partial charge in [-0.2, -0.15) is 4.40 Å². The van der Waals surface area contributed by atoms with Crippen LogP contribution in [0.1, 0.15) is 33.3 Å². The number of hydrogen-bond donors (Lipinski definition) is 0. The van der Waals surface area contributed by atoms with E-state index in [9.17, 15) is 13.4 Å². The van der Waals surface area contributed by atoms with Gasteiger partial charge in [0.25, 0.3) is 5.56 Å². The molecule has 0 spiro atoms. The van der Waals surface area contributed by atoms with Crippen molar-refractivity contribution in [2.24, 2.45) is 4.40 Å². The van der Waals surface area contributed by atoms with Crippen LogP contribution in [0, 0.1) is 5.82 Å². The van der Waals surface area contributed by atoms with Gasteiger partial charge in [-0.3, -0.25) is 9.20 Å². The molecule has 6 heteroatoms. The molecule has 4 nitrogen and oxygen atoms in total. The molecular formula is C21H21FN2O2S. The molecule has 2 heterocycles. The predicted octanol–water partition coefficient (Wildman–Crippen LogP) is 4.38. The molecule has 0 fully saturated rings. The summed E-state index contributed by atoms with van der Waals surface area (Å²) >= 11 is 0. The van der Waals surface area contributed by atoms with Gasteiger partial charge in [-0.25, -0.2) is 8.60 Å². The van der Waals surface area contributed by atoms with Crippen molar-refractivity contribution in [1.29, 1.82) is 0 Å². The summed E-state index contributed by atoms with van der Waals surface area (Å²) in [6.07, 6.45) is 1.17. The molecule has 0 bridgehead atoms. The molecule has 140 valence electrons. The van der Waals surface area contributed by atoms with Crippen LogP contribution in [0.15, 0.2) is 63.9 Å². The van der Waals surface area contributed by atoms with Crippen LogP contribution in [0.5, 0.6) is 0 Å². The summed E-state index contributed by atoms with van der Waals surface area (Å²) in [5.74, 6) is -0.490. The Kier molecular flexibility index (Phi) is 5.11. The monoisotopic (exact) mass is 384 g/mol. The molecule has 0 N–H and O–H groups in total. The van der Waals surface area contributed by atoms with Crippen molar-refractivity contribution in [3.8, 4) is 11.1 Å². The summed E-state index contributed by atoms with van der Waals surface area (Å²) in [6.45, 7) is 7.27. The van der Waals surface area contributed by atoms with Crippen molar-refractivity contribution in [1.82, 2.24) is 4.40 Å². The van der Waals surface area contributed by atoms with E-state index < -0.39 is 21.5 Å². The smallest absolute Gasteiger partial charge is 0.263 e. The molecule has 3 rings (SSSR count). The first-order valence-corrected chi connectivity index (χ1v) is 9.67. The number of benzene rings is 1. The van der Waals surface area contributed by atoms with E-state index in [1.54, 1.807) is 19.1 Å². The van der Waals surface area contributed by atoms with Crippen molar-refractivity contribution in [2.75, 3.05) is 0 Å². The van der Waals surface area contributed by atoms with Gasteiger partial charge in [0.05, 0.1) is 16.0 Å². The fraction of sp³-hybridized carbons (Fsp3) is 0.238. The second-order valence-electron chi connectivity index (χ2n) is 7.28. The molecule has 27 heavy (non-hydrogen) atoms. The number of rotatable bonds is 3. The molecule has 0 saturated carbocycles. The van der Waals surface area contributed by atoms with Crippen LogP contribution in [-0.4, -0.2) is 19.1 Å². The molecule has 0 aliphatic rings. The Morgan fingerprint density at radius 2 is 1.78 bits per heavy atom. The van der Waals surface area contributed by atoms with Crippen LogP contribution in [0.4, 0.5) is 4.39 Å². The highest BCUT2D eigenvalue weighted by atomic mass is 32.2. The van der Waals surface area contributed by atoms with Gasteiger partial charge >= 0.3 is 0 Å². The topological polar surface area (TPSA) is 50.9 Å². The van der Waals surface area contributed by atoms with Crippen molar-refractivity contribution in [2.45, 2.75) is 32.4 Å². The van der Waals surface area contributed by atoms with Crippen LogP contribution in [0.3, 0.4) is 0 Å². The van der Waals surface area contributed by atoms with E-state index >= 15 is 0 Å². The van der Waals surface area contributed by atoms with Gasteiger partial charge in [0, 0.05) is 17.3 Å². The molecule has 0 saturated heterocycles. The minimum Gasteiger partial charge on any atom is -0.281 e. The number of aromatic nitrogens is 1. The third kappa shape index (κ3) is 3.90. The first-order valence-electron chi connectivity index (χ1n) is 8.56. The molecule has 1 aromatic carbocycles. The normalized spacial score (nSPS) is 13.7. The minimum atomic E-state index is -1.46. The second kappa shape index (κ2) is 7.19. The Morgan fingerprint density at radius 1 is 1.11 bits per heavy atom. The lowest BCUT2D eigenvalue weighted by Crippen LogP contribution is -2.22. The van der Waals surface area contributed by atoms with Gasteiger partial charge in [-0.1, -0.05) is 30.3 Å². The molecule has 0 aliphatic carbocycles. The van der Waals surface area contributed by atoms with E-state index in [4.69, 9.17) is 0 Å². The Morgan fingerprint density at radius 3 is 2.41 bits per heavy atom. The Bertz CT molecular complexity index is 1110. The fourth-order valence-corrected chi connectivity index (χ4v) is 3.34. The standard InChI is InChI=1S/C21H21FN2O2S/c1-14(23-27(26)21(2,3)4)18-12-17-11-10-16(22)13-24(17)20(25)19(18)15-8-6-5-7-9-15/h5-13H,1-4H3/b23-14+. The third-order valence-electron chi connectivity index (χ3n) is 4.13. The van der Waals surface area contributed by atoms with Gasteiger partial charge in [-0.05, 0) is 51.5 Å². The van der Waals surface area contributed by atoms with E-state index in [1.165, 1.54) is 16.7 Å². The molecule has 0 amide bonds. The zero-order valence-electron chi connectivity index (χ0n) is 15.7. The number of hydrogen-bond acceptors (Lipinski definition) is 2. The fourth-order valence-electron chi connectivity index (χ4n) is 2.72. The highest BCUT2D eigenvalue weighted by molar-refractivity contribution is 7.85. The quantitative estimate of drug-likeness (QED) is 0.630. The Balaban J connectivity index is 2.34. The van der Waals surface area contributed by atoms with E-state index in [1.807, 2.05) is 51.1 Å². The molecule has 2 aromatic heterocycles. The van der Waals surface area contributed by atoms with Crippen LogP contribution >= 0.6 is 0 Å². The van der Waals surface area contributed by atoms with Crippen molar-refractivity contribution >= 4 is 22.2 Å². The lowest BCUT2D eigenvalue weighted by molar-refractivity contribution is 0.618. The van der Waals surface area contributed by atoms with Crippen LogP contribution in [-0.2, 0) is 11.0 Å². The van der Waals surface area contributed by atoms with Crippen LogP contribution < -0.4 is 5.56 Å². The van der Waals surface area contributed by atoms with E-state index in [0.717, 1.165) is 0 Å². The molecule has 0 radical (unpaired) electrons. The summed E-state index contributed by atoms with van der Waals surface area (Å²) in [5, 5.41) is 0. The lowest BCUT2D eigenvalue weighted by Gasteiger charge is -2.16. The summed E-state index contributed by atoms with van der Waals surface area (Å²) in [4.78, 5) is 13.2. The Hall–Kier alpha value is -2.60. The summed E-state index contributed by atoms with van der Waals surface area (Å²) in [7, 11) is -1.46. The first-order chi connectivity index (χ1) is 12.7. The van der Waals surface area contributed by atoms with Gasteiger partial charge in [0.15, 0.2) is 0 Å². The minimum absolute atomic E-state index is 0.343. The number of halogens is 1. The third-order valence-corrected chi connectivity index (χ3v) is 5.62. The number of pyridine rings is 2.